The molecule has 2 aromatic rings. The van der Waals surface area contributed by atoms with E-state index in [1.54, 1.807) is 23.1 Å². The Morgan fingerprint density at radius 3 is 2.79 bits per heavy atom. The van der Waals surface area contributed by atoms with E-state index in [4.69, 9.17) is 5.11 Å². The molecule has 0 radical (unpaired) electrons. The lowest BCUT2D eigenvalue weighted by atomic mass is 10.3. The Balaban J connectivity index is 2.31. The summed E-state index contributed by atoms with van der Waals surface area (Å²) >= 11 is 1.22. The summed E-state index contributed by atoms with van der Waals surface area (Å²) in [6.07, 6.45) is 5.10. The van der Waals surface area contributed by atoms with Gasteiger partial charge in [0.15, 0.2) is 0 Å². The van der Waals surface area contributed by atoms with Crippen molar-refractivity contribution in [3.8, 4) is 5.95 Å². The SMILES string of the molecule is CCCc1cc(SCC(=O)O)n(-c2ncccn2)n1. The summed E-state index contributed by atoms with van der Waals surface area (Å²) in [6.45, 7) is 2.07. The molecule has 0 aliphatic heterocycles. The van der Waals surface area contributed by atoms with E-state index in [1.807, 2.05) is 6.07 Å². The van der Waals surface area contributed by atoms with Crippen LogP contribution in [0, 0.1) is 0 Å². The van der Waals surface area contributed by atoms with Gasteiger partial charge in [0.25, 0.3) is 5.95 Å². The standard InChI is InChI=1S/C12H14N4O2S/c1-2-4-9-7-10(19-8-11(17)18)16(15-9)12-13-5-3-6-14-12/h3,5-7H,2,4,8H2,1H3,(H,17,18). The van der Waals surface area contributed by atoms with Crippen molar-refractivity contribution in [2.45, 2.75) is 24.8 Å². The minimum atomic E-state index is -0.858. The van der Waals surface area contributed by atoms with Crippen LogP contribution >= 0.6 is 11.8 Å². The summed E-state index contributed by atoms with van der Waals surface area (Å²) < 4.78 is 1.60. The highest BCUT2D eigenvalue weighted by Crippen LogP contribution is 2.22. The Morgan fingerprint density at radius 1 is 1.42 bits per heavy atom. The van der Waals surface area contributed by atoms with Gasteiger partial charge >= 0.3 is 5.97 Å². The zero-order valence-electron chi connectivity index (χ0n) is 10.5. The Morgan fingerprint density at radius 2 is 2.16 bits per heavy atom. The molecule has 7 heteroatoms. The smallest absolute Gasteiger partial charge is 0.313 e. The predicted molar refractivity (Wildman–Crippen MR) is 71.5 cm³/mol. The van der Waals surface area contributed by atoms with E-state index in [9.17, 15) is 4.79 Å². The number of carboxylic acid groups (broad SMARTS) is 1. The molecule has 2 aromatic heterocycles. The van der Waals surface area contributed by atoms with Gasteiger partial charge in [-0.2, -0.15) is 9.78 Å². The number of hydrogen-bond acceptors (Lipinski definition) is 5. The van der Waals surface area contributed by atoms with Crippen molar-refractivity contribution in [3.63, 3.8) is 0 Å². The Labute approximate surface area is 114 Å². The third kappa shape index (κ3) is 3.54. The number of aromatic nitrogens is 4. The van der Waals surface area contributed by atoms with Gasteiger partial charge in [-0.3, -0.25) is 4.79 Å². The lowest BCUT2D eigenvalue weighted by molar-refractivity contribution is -0.133. The fraction of sp³-hybridized carbons (Fsp3) is 0.333. The van der Waals surface area contributed by atoms with Crippen LogP contribution in [-0.2, 0) is 11.2 Å². The van der Waals surface area contributed by atoms with Crippen LogP contribution in [0.2, 0.25) is 0 Å². The van der Waals surface area contributed by atoms with Crippen LogP contribution in [0.25, 0.3) is 5.95 Å². The highest BCUT2D eigenvalue weighted by Gasteiger charge is 2.12. The molecule has 19 heavy (non-hydrogen) atoms. The maximum Gasteiger partial charge on any atom is 0.313 e. The number of thioether (sulfide) groups is 1. The summed E-state index contributed by atoms with van der Waals surface area (Å²) in [5.41, 5.74) is 0.919. The molecule has 0 amide bonds. The summed E-state index contributed by atoms with van der Waals surface area (Å²) in [7, 11) is 0. The first-order valence-electron chi connectivity index (χ1n) is 5.91. The molecule has 0 atom stereocenters. The number of aliphatic carboxylic acids is 1. The minimum Gasteiger partial charge on any atom is -0.481 e. The predicted octanol–water partition coefficient (Wildman–Crippen LogP) is 1.79. The molecule has 2 heterocycles. The monoisotopic (exact) mass is 278 g/mol. The van der Waals surface area contributed by atoms with Crippen molar-refractivity contribution in [2.75, 3.05) is 5.75 Å². The van der Waals surface area contributed by atoms with E-state index in [-0.39, 0.29) is 5.75 Å². The molecule has 0 unspecified atom stereocenters. The highest BCUT2D eigenvalue weighted by atomic mass is 32.2. The number of aryl methyl sites for hydroxylation is 1. The summed E-state index contributed by atoms with van der Waals surface area (Å²) in [5.74, 6) is -0.411. The third-order valence-electron chi connectivity index (χ3n) is 2.32. The molecule has 0 aromatic carbocycles. The largest absolute Gasteiger partial charge is 0.481 e. The quantitative estimate of drug-likeness (QED) is 0.811. The Bertz CT molecular complexity index is 556. The molecular weight excluding hydrogens is 264 g/mol. The molecule has 0 bridgehead atoms. The molecular formula is C12H14N4O2S. The van der Waals surface area contributed by atoms with Gasteiger partial charge in [0.1, 0.15) is 5.03 Å². The molecule has 1 N–H and O–H groups in total. The van der Waals surface area contributed by atoms with Crippen LogP contribution in [0.5, 0.6) is 0 Å². The molecule has 0 saturated carbocycles. The van der Waals surface area contributed by atoms with Crippen LogP contribution in [-0.4, -0.2) is 36.6 Å². The maximum atomic E-state index is 10.7. The molecule has 100 valence electrons. The van der Waals surface area contributed by atoms with Gasteiger partial charge in [0, 0.05) is 12.4 Å². The number of carboxylic acids is 1. The van der Waals surface area contributed by atoms with Crippen LogP contribution in [0.1, 0.15) is 19.0 Å². The molecule has 6 nitrogen and oxygen atoms in total. The fourth-order valence-corrected chi connectivity index (χ4v) is 2.31. The summed E-state index contributed by atoms with van der Waals surface area (Å²) in [4.78, 5) is 18.9. The first kappa shape index (κ1) is 13.5. The minimum absolute atomic E-state index is 0.00983. The maximum absolute atomic E-state index is 10.7. The number of nitrogens with zero attached hydrogens (tertiary/aromatic N) is 4. The topological polar surface area (TPSA) is 80.9 Å². The number of carbonyl (C=O) groups is 1. The molecule has 0 spiro atoms. The van der Waals surface area contributed by atoms with Gasteiger partial charge in [-0.1, -0.05) is 25.1 Å². The summed E-state index contributed by atoms with van der Waals surface area (Å²) in [5, 5.41) is 13.9. The van der Waals surface area contributed by atoms with Crippen LogP contribution < -0.4 is 0 Å². The highest BCUT2D eigenvalue weighted by molar-refractivity contribution is 7.99. The first-order valence-corrected chi connectivity index (χ1v) is 6.90. The van der Waals surface area contributed by atoms with Crippen LogP contribution in [0.15, 0.2) is 29.6 Å². The van der Waals surface area contributed by atoms with Crippen LogP contribution in [0.3, 0.4) is 0 Å². The van der Waals surface area contributed by atoms with Gasteiger partial charge in [0.2, 0.25) is 0 Å². The second-order valence-corrected chi connectivity index (χ2v) is 4.86. The molecule has 2 rings (SSSR count). The molecule has 0 aliphatic carbocycles. The first-order chi connectivity index (χ1) is 9.20. The van der Waals surface area contributed by atoms with E-state index in [0.717, 1.165) is 23.6 Å². The van der Waals surface area contributed by atoms with Gasteiger partial charge in [0.05, 0.1) is 11.4 Å². The molecule has 0 fully saturated rings. The second-order valence-electron chi connectivity index (χ2n) is 3.87. The van der Waals surface area contributed by atoms with Gasteiger partial charge in [-0.15, -0.1) is 0 Å². The zero-order chi connectivity index (χ0) is 13.7. The molecule has 0 saturated heterocycles. The normalized spacial score (nSPS) is 10.6. The van der Waals surface area contributed by atoms with Crippen molar-refractivity contribution < 1.29 is 9.90 Å². The Kier molecular flexibility index (Phi) is 4.51. The van der Waals surface area contributed by atoms with E-state index in [0.29, 0.717) is 5.95 Å². The van der Waals surface area contributed by atoms with Gasteiger partial charge in [-0.05, 0) is 18.6 Å². The van der Waals surface area contributed by atoms with E-state index < -0.39 is 5.97 Å². The van der Waals surface area contributed by atoms with Gasteiger partial charge in [-0.25, -0.2) is 9.97 Å². The van der Waals surface area contributed by atoms with Gasteiger partial charge < -0.3 is 5.11 Å². The van der Waals surface area contributed by atoms with Crippen molar-refractivity contribution in [3.05, 3.63) is 30.2 Å². The zero-order valence-corrected chi connectivity index (χ0v) is 11.3. The van der Waals surface area contributed by atoms with Crippen molar-refractivity contribution >= 4 is 17.7 Å². The summed E-state index contributed by atoms with van der Waals surface area (Å²) in [6, 6.07) is 3.62. The average Bonchev–Trinajstić information content (AvgIpc) is 2.81. The van der Waals surface area contributed by atoms with Crippen molar-refractivity contribution in [2.24, 2.45) is 0 Å². The van der Waals surface area contributed by atoms with Crippen molar-refractivity contribution in [1.82, 2.24) is 19.7 Å². The van der Waals surface area contributed by atoms with Crippen molar-refractivity contribution in [1.29, 1.82) is 0 Å². The second kappa shape index (κ2) is 6.33. The van der Waals surface area contributed by atoms with E-state index in [1.165, 1.54) is 11.8 Å². The lowest BCUT2D eigenvalue weighted by Crippen LogP contribution is -2.05. The number of rotatable bonds is 6. The fourth-order valence-electron chi connectivity index (χ4n) is 1.57. The Hall–Kier alpha value is -1.89. The average molecular weight is 278 g/mol. The van der Waals surface area contributed by atoms with E-state index in [2.05, 4.69) is 22.0 Å². The lowest BCUT2D eigenvalue weighted by Gasteiger charge is -2.03. The van der Waals surface area contributed by atoms with Crippen LogP contribution in [0.4, 0.5) is 0 Å². The third-order valence-corrected chi connectivity index (χ3v) is 3.30. The van der Waals surface area contributed by atoms with E-state index >= 15 is 0 Å². The molecule has 0 aliphatic rings. The number of hydrogen-bond donors (Lipinski definition) is 1.